The van der Waals surface area contributed by atoms with E-state index in [1.54, 1.807) is 38.9 Å². The summed E-state index contributed by atoms with van der Waals surface area (Å²) in [6, 6.07) is 1.99. The van der Waals surface area contributed by atoms with Gasteiger partial charge in [-0.1, -0.05) is 24.0 Å². The Bertz CT molecular complexity index is 1080. The fraction of sp³-hybridized carbons (Fsp3) is 0.450. The minimum atomic E-state index is -0.400. The molecule has 0 atom stereocenters. The summed E-state index contributed by atoms with van der Waals surface area (Å²) in [6.07, 6.45) is 1.34. The van der Waals surface area contributed by atoms with Crippen LogP contribution >= 0.6 is 24.0 Å². The maximum absolute atomic E-state index is 12.8. The molecule has 2 saturated heterocycles. The van der Waals surface area contributed by atoms with Gasteiger partial charge in [0.15, 0.2) is 0 Å². The molecule has 3 heterocycles. The molecule has 9 nitrogen and oxygen atoms in total. The Morgan fingerprint density at radius 3 is 2.42 bits per heavy atom. The number of thioether (sulfide) groups is 1. The van der Waals surface area contributed by atoms with Gasteiger partial charge in [0.25, 0.3) is 11.5 Å². The van der Waals surface area contributed by atoms with Gasteiger partial charge in [-0.3, -0.25) is 19.1 Å². The second kappa shape index (κ2) is 9.11. The van der Waals surface area contributed by atoms with E-state index in [0.717, 1.165) is 0 Å². The monoisotopic (exact) mass is 461 g/mol. The van der Waals surface area contributed by atoms with Crippen molar-refractivity contribution in [3.63, 3.8) is 0 Å². The largest absolute Gasteiger partial charge is 0.450 e. The molecule has 0 spiro atoms. The van der Waals surface area contributed by atoms with Gasteiger partial charge in [0, 0.05) is 45.8 Å². The maximum atomic E-state index is 12.8. The SMILES string of the molecule is CCOC(=O)N1CCN(c2c(C=C3SC(=S)N(C)C3=O)c(C)c(C#N)c(=O)n2C)CC1. The first kappa shape index (κ1) is 22.8. The van der Waals surface area contributed by atoms with Crippen molar-refractivity contribution in [3.05, 3.63) is 31.9 Å². The minimum Gasteiger partial charge on any atom is -0.450 e. The Morgan fingerprint density at radius 1 is 1.26 bits per heavy atom. The molecule has 0 N–H and O–H groups in total. The number of likely N-dealkylation sites (N-methyl/N-ethyl adjacent to an activating group) is 1. The molecule has 0 radical (unpaired) electrons. The molecule has 3 rings (SSSR count). The van der Waals surface area contributed by atoms with E-state index >= 15 is 0 Å². The van der Waals surface area contributed by atoms with Crippen molar-refractivity contribution in [2.75, 3.05) is 44.7 Å². The number of nitrogens with zero attached hydrogens (tertiary/aromatic N) is 5. The third kappa shape index (κ3) is 4.18. The first-order chi connectivity index (χ1) is 14.7. The van der Waals surface area contributed by atoms with Gasteiger partial charge in [-0.2, -0.15) is 5.26 Å². The number of hydrogen-bond donors (Lipinski definition) is 0. The number of piperazine rings is 1. The van der Waals surface area contributed by atoms with E-state index in [1.807, 2.05) is 11.0 Å². The fourth-order valence-corrected chi connectivity index (χ4v) is 4.75. The van der Waals surface area contributed by atoms with Crippen LogP contribution in [-0.4, -0.2) is 70.5 Å². The fourth-order valence-electron chi connectivity index (χ4n) is 3.59. The van der Waals surface area contributed by atoms with E-state index in [-0.39, 0.29) is 17.6 Å². The molecule has 2 aliphatic rings. The van der Waals surface area contributed by atoms with E-state index in [0.29, 0.717) is 59.0 Å². The van der Waals surface area contributed by atoms with Crippen LogP contribution < -0.4 is 10.5 Å². The third-order valence-corrected chi connectivity index (χ3v) is 6.82. The number of amides is 2. The molecule has 0 unspecified atom stereocenters. The number of carbonyl (C=O) groups is 2. The number of anilines is 1. The molecule has 0 aliphatic carbocycles. The molecule has 11 heteroatoms. The molecule has 0 bridgehead atoms. The molecule has 2 amide bonds. The number of hydrogen-bond acceptors (Lipinski definition) is 8. The van der Waals surface area contributed by atoms with E-state index in [4.69, 9.17) is 17.0 Å². The molecule has 2 aliphatic heterocycles. The summed E-state index contributed by atoms with van der Waals surface area (Å²) in [4.78, 5) is 42.8. The van der Waals surface area contributed by atoms with Gasteiger partial charge in [-0.25, -0.2) is 4.79 Å². The summed E-state index contributed by atoms with van der Waals surface area (Å²) in [5, 5.41) is 9.54. The molecule has 31 heavy (non-hydrogen) atoms. The highest BCUT2D eigenvalue weighted by atomic mass is 32.2. The smallest absolute Gasteiger partial charge is 0.409 e. The van der Waals surface area contributed by atoms with Gasteiger partial charge < -0.3 is 14.5 Å². The maximum Gasteiger partial charge on any atom is 0.409 e. The van der Waals surface area contributed by atoms with Gasteiger partial charge >= 0.3 is 6.09 Å². The molecule has 164 valence electrons. The molecule has 1 aromatic heterocycles. The lowest BCUT2D eigenvalue weighted by Crippen LogP contribution is -2.50. The normalized spacial score (nSPS) is 18.0. The van der Waals surface area contributed by atoms with E-state index in [9.17, 15) is 19.6 Å². The summed E-state index contributed by atoms with van der Waals surface area (Å²) in [7, 11) is 3.22. The molecule has 1 aromatic rings. The molecule has 2 fully saturated rings. The Balaban J connectivity index is 2.06. The highest BCUT2D eigenvalue weighted by molar-refractivity contribution is 8.26. The second-order valence-electron chi connectivity index (χ2n) is 7.13. The van der Waals surface area contributed by atoms with Crippen LogP contribution in [0, 0.1) is 18.3 Å². The number of carbonyl (C=O) groups excluding carboxylic acids is 2. The van der Waals surface area contributed by atoms with Crippen molar-refractivity contribution in [3.8, 4) is 6.07 Å². The number of rotatable bonds is 3. The van der Waals surface area contributed by atoms with Crippen molar-refractivity contribution < 1.29 is 14.3 Å². The average Bonchev–Trinajstić information content (AvgIpc) is 2.99. The van der Waals surface area contributed by atoms with Gasteiger partial charge in [-0.15, -0.1) is 0 Å². The van der Waals surface area contributed by atoms with Crippen LogP contribution in [0.15, 0.2) is 9.70 Å². The van der Waals surface area contributed by atoms with Crippen molar-refractivity contribution in [1.82, 2.24) is 14.4 Å². The average molecular weight is 462 g/mol. The second-order valence-corrected chi connectivity index (χ2v) is 8.80. The Morgan fingerprint density at radius 2 is 1.90 bits per heavy atom. The topological polar surface area (TPSA) is 98.9 Å². The highest BCUT2D eigenvalue weighted by Crippen LogP contribution is 2.35. The molecular formula is C20H23N5O4S2. The number of ether oxygens (including phenoxy) is 1. The number of pyridine rings is 1. The number of aromatic nitrogens is 1. The Labute approximate surface area is 189 Å². The van der Waals surface area contributed by atoms with Crippen molar-refractivity contribution >= 4 is 52.2 Å². The lowest BCUT2D eigenvalue weighted by Gasteiger charge is -2.37. The molecule has 0 aromatic carbocycles. The van der Waals surface area contributed by atoms with E-state index in [2.05, 4.69) is 0 Å². The van der Waals surface area contributed by atoms with Crippen molar-refractivity contribution in [2.24, 2.45) is 7.05 Å². The summed E-state index contributed by atoms with van der Waals surface area (Å²) < 4.78 is 6.95. The standard InChI is InChI=1S/C20H23N5O4S2/c1-5-29-19(28)25-8-6-24(7-9-25)16-13(10-15-18(27)23(4)20(30)31-15)12(2)14(11-21)17(26)22(16)3/h10H,5-9H2,1-4H3. The summed E-state index contributed by atoms with van der Waals surface area (Å²) in [6.45, 7) is 5.60. The third-order valence-electron chi connectivity index (χ3n) is 5.34. The van der Waals surface area contributed by atoms with Crippen molar-refractivity contribution in [2.45, 2.75) is 13.8 Å². The van der Waals surface area contributed by atoms with Crippen LogP contribution in [0.1, 0.15) is 23.6 Å². The zero-order chi connectivity index (χ0) is 22.9. The van der Waals surface area contributed by atoms with E-state index < -0.39 is 5.56 Å². The Kier molecular flexibility index (Phi) is 6.71. The number of thiocarbonyl (C=S) groups is 1. The van der Waals surface area contributed by atoms with Gasteiger partial charge in [0.1, 0.15) is 21.8 Å². The highest BCUT2D eigenvalue weighted by Gasteiger charge is 2.31. The summed E-state index contributed by atoms with van der Waals surface area (Å²) in [5.41, 5.74) is 0.768. The first-order valence-corrected chi connectivity index (χ1v) is 11.0. The van der Waals surface area contributed by atoms with Crippen LogP contribution in [0.25, 0.3) is 6.08 Å². The molecular weight excluding hydrogens is 438 g/mol. The minimum absolute atomic E-state index is 0.0367. The van der Waals surface area contributed by atoms with Crippen LogP contribution in [0.5, 0.6) is 0 Å². The number of nitriles is 1. The summed E-state index contributed by atoms with van der Waals surface area (Å²) >= 11 is 6.40. The van der Waals surface area contributed by atoms with Crippen LogP contribution in [0.2, 0.25) is 0 Å². The zero-order valence-electron chi connectivity index (χ0n) is 17.8. The predicted molar refractivity (Wildman–Crippen MR) is 123 cm³/mol. The van der Waals surface area contributed by atoms with Crippen LogP contribution in [-0.2, 0) is 16.6 Å². The lowest BCUT2D eigenvalue weighted by molar-refractivity contribution is -0.121. The van der Waals surface area contributed by atoms with Crippen LogP contribution in [0.4, 0.5) is 10.6 Å². The zero-order valence-corrected chi connectivity index (χ0v) is 19.4. The van der Waals surface area contributed by atoms with E-state index in [1.165, 1.54) is 21.2 Å². The Hall–Kier alpha value is -2.84. The van der Waals surface area contributed by atoms with Gasteiger partial charge in [-0.05, 0) is 25.5 Å². The lowest BCUT2D eigenvalue weighted by atomic mass is 10.0. The van der Waals surface area contributed by atoms with Crippen LogP contribution in [0.3, 0.4) is 0 Å². The molecule has 0 saturated carbocycles. The van der Waals surface area contributed by atoms with Gasteiger partial charge in [0.2, 0.25) is 0 Å². The quantitative estimate of drug-likeness (QED) is 0.495. The summed E-state index contributed by atoms with van der Waals surface area (Å²) in [5.74, 6) is 0.381. The predicted octanol–water partition coefficient (Wildman–Crippen LogP) is 1.67. The first-order valence-electron chi connectivity index (χ1n) is 9.73. The van der Waals surface area contributed by atoms with Crippen molar-refractivity contribution in [1.29, 1.82) is 5.26 Å². The van der Waals surface area contributed by atoms with Gasteiger partial charge in [0.05, 0.1) is 11.5 Å².